The monoisotopic (exact) mass is 319 g/mol. The first kappa shape index (κ1) is 14.2. The maximum atomic E-state index is 12.3. The van der Waals surface area contributed by atoms with Gasteiger partial charge in [0.05, 0.1) is 28.7 Å². The van der Waals surface area contributed by atoms with Gasteiger partial charge in [-0.3, -0.25) is 4.72 Å². The van der Waals surface area contributed by atoms with Crippen molar-refractivity contribution >= 4 is 26.7 Å². The number of aromatic nitrogens is 2. The normalized spacial score (nSPS) is 11.5. The second-order valence-corrected chi connectivity index (χ2v) is 6.30. The summed E-state index contributed by atoms with van der Waals surface area (Å²) >= 11 is 0. The van der Waals surface area contributed by atoms with E-state index in [1.54, 1.807) is 30.3 Å². The number of rotatable bonds is 4. The van der Waals surface area contributed by atoms with Crippen molar-refractivity contribution in [3.63, 3.8) is 0 Å². The van der Waals surface area contributed by atoms with Crippen LogP contribution in [-0.2, 0) is 10.0 Å². The van der Waals surface area contributed by atoms with Crippen molar-refractivity contribution in [3.8, 4) is 5.75 Å². The smallest absolute Gasteiger partial charge is 0.323 e. The molecule has 0 atom stereocenters. The highest BCUT2D eigenvalue weighted by molar-refractivity contribution is 7.92. The number of anilines is 1. The van der Waals surface area contributed by atoms with Crippen LogP contribution in [0.5, 0.6) is 5.75 Å². The fourth-order valence-corrected chi connectivity index (χ4v) is 3.11. The molecule has 3 aromatic rings. The van der Waals surface area contributed by atoms with Gasteiger partial charge >= 0.3 is 5.69 Å². The summed E-state index contributed by atoms with van der Waals surface area (Å²) in [6.07, 6.45) is 0. The van der Waals surface area contributed by atoms with Crippen molar-refractivity contribution in [2.45, 2.75) is 4.90 Å². The first-order valence-corrected chi connectivity index (χ1v) is 7.85. The number of hydrogen-bond donors (Lipinski definition) is 3. The number of fused-ring (bicyclic) bond motifs is 1. The average molecular weight is 319 g/mol. The molecular formula is C14H13N3O4S. The van der Waals surface area contributed by atoms with Crippen LogP contribution in [0.25, 0.3) is 11.0 Å². The lowest BCUT2D eigenvalue weighted by Crippen LogP contribution is -2.12. The molecule has 0 unspecified atom stereocenters. The van der Waals surface area contributed by atoms with Crippen LogP contribution in [0.4, 0.5) is 5.69 Å². The lowest BCUT2D eigenvalue weighted by Gasteiger charge is -2.08. The van der Waals surface area contributed by atoms with Gasteiger partial charge in [-0.05, 0) is 42.5 Å². The zero-order valence-corrected chi connectivity index (χ0v) is 12.4. The van der Waals surface area contributed by atoms with Gasteiger partial charge in [0.1, 0.15) is 5.75 Å². The van der Waals surface area contributed by atoms with Gasteiger partial charge in [-0.15, -0.1) is 0 Å². The van der Waals surface area contributed by atoms with Crippen molar-refractivity contribution in [3.05, 3.63) is 52.9 Å². The molecule has 0 radical (unpaired) electrons. The Bertz CT molecular complexity index is 971. The predicted octanol–water partition coefficient (Wildman–Crippen LogP) is 1.67. The van der Waals surface area contributed by atoms with Gasteiger partial charge in [0.25, 0.3) is 10.0 Å². The fourth-order valence-electron chi connectivity index (χ4n) is 2.06. The summed E-state index contributed by atoms with van der Waals surface area (Å²) in [6.45, 7) is 0. The van der Waals surface area contributed by atoms with Crippen molar-refractivity contribution in [2.24, 2.45) is 0 Å². The number of hydrogen-bond acceptors (Lipinski definition) is 4. The van der Waals surface area contributed by atoms with Crippen LogP contribution in [0.3, 0.4) is 0 Å². The third kappa shape index (κ3) is 2.68. The Hall–Kier alpha value is -2.74. The number of aromatic amines is 2. The van der Waals surface area contributed by atoms with Crippen molar-refractivity contribution in [1.29, 1.82) is 0 Å². The molecule has 7 nitrogen and oxygen atoms in total. The van der Waals surface area contributed by atoms with Crippen LogP contribution in [-0.4, -0.2) is 25.5 Å². The van der Waals surface area contributed by atoms with Crippen LogP contribution >= 0.6 is 0 Å². The molecule has 0 amide bonds. The molecule has 0 aliphatic rings. The van der Waals surface area contributed by atoms with Crippen molar-refractivity contribution in [1.82, 2.24) is 9.97 Å². The van der Waals surface area contributed by atoms with Gasteiger partial charge in [-0.1, -0.05) is 0 Å². The summed E-state index contributed by atoms with van der Waals surface area (Å²) in [4.78, 5) is 16.5. The molecule has 3 N–H and O–H groups in total. The van der Waals surface area contributed by atoms with E-state index >= 15 is 0 Å². The van der Waals surface area contributed by atoms with Gasteiger partial charge < -0.3 is 14.7 Å². The number of nitrogens with one attached hydrogen (secondary N) is 3. The van der Waals surface area contributed by atoms with Gasteiger partial charge in [0.15, 0.2) is 0 Å². The zero-order valence-electron chi connectivity index (χ0n) is 11.6. The highest BCUT2D eigenvalue weighted by atomic mass is 32.2. The fraction of sp³-hybridized carbons (Fsp3) is 0.0714. The number of H-pyrrole nitrogens is 2. The Labute approximate surface area is 126 Å². The molecule has 0 aliphatic carbocycles. The van der Waals surface area contributed by atoms with E-state index in [0.717, 1.165) is 0 Å². The molecule has 22 heavy (non-hydrogen) atoms. The number of benzene rings is 2. The summed E-state index contributed by atoms with van der Waals surface area (Å²) < 4.78 is 32.1. The molecular weight excluding hydrogens is 306 g/mol. The van der Waals surface area contributed by atoms with Gasteiger partial charge in [0, 0.05) is 0 Å². The summed E-state index contributed by atoms with van der Waals surface area (Å²) in [5.74, 6) is 0.574. The van der Waals surface area contributed by atoms with Gasteiger partial charge in [0.2, 0.25) is 0 Å². The maximum absolute atomic E-state index is 12.3. The van der Waals surface area contributed by atoms with Gasteiger partial charge in [-0.2, -0.15) is 0 Å². The first-order chi connectivity index (χ1) is 10.5. The van der Waals surface area contributed by atoms with E-state index in [1.807, 2.05) is 0 Å². The standard InChI is InChI=1S/C14H13N3O4S/c1-21-10-3-5-11(6-4-10)22(19,20)17-9-2-7-12-13(8-9)16-14(18)15-12/h2-8,17H,1H3,(H2,15,16,18). The highest BCUT2D eigenvalue weighted by Gasteiger charge is 2.14. The molecule has 0 spiro atoms. The van der Waals surface area contributed by atoms with E-state index in [2.05, 4.69) is 14.7 Å². The Balaban J connectivity index is 1.92. The molecule has 114 valence electrons. The summed E-state index contributed by atoms with van der Waals surface area (Å²) in [7, 11) is -2.20. The minimum atomic E-state index is -3.71. The number of ether oxygens (including phenoxy) is 1. The lowest BCUT2D eigenvalue weighted by atomic mass is 10.3. The Morgan fingerprint density at radius 2 is 1.68 bits per heavy atom. The van der Waals surface area contributed by atoms with Crippen LogP contribution < -0.4 is 15.1 Å². The minimum Gasteiger partial charge on any atom is -0.497 e. The highest BCUT2D eigenvalue weighted by Crippen LogP contribution is 2.20. The van der Waals surface area contributed by atoms with E-state index in [9.17, 15) is 13.2 Å². The van der Waals surface area contributed by atoms with E-state index in [-0.39, 0.29) is 10.6 Å². The van der Waals surface area contributed by atoms with Crippen molar-refractivity contribution < 1.29 is 13.2 Å². The third-order valence-corrected chi connectivity index (χ3v) is 4.54. The van der Waals surface area contributed by atoms with E-state index in [0.29, 0.717) is 22.5 Å². The second-order valence-electron chi connectivity index (χ2n) is 4.62. The Morgan fingerprint density at radius 3 is 2.36 bits per heavy atom. The summed E-state index contributed by atoms with van der Waals surface area (Å²) in [5.41, 5.74) is 1.15. The summed E-state index contributed by atoms with van der Waals surface area (Å²) in [5, 5.41) is 0. The number of imidazole rings is 1. The minimum absolute atomic E-state index is 0.121. The molecule has 0 fully saturated rings. The quantitative estimate of drug-likeness (QED) is 0.680. The Morgan fingerprint density at radius 1 is 1.00 bits per heavy atom. The molecule has 0 bridgehead atoms. The molecule has 0 aliphatic heterocycles. The van der Waals surface area contributed by atoms with Crippen LogP contribution in [0.1, 0.15) is 0 Å². The molecule has 1 aromatic heterocycles. The zero-order chi connectivity index (χ0) is 15.7. The van der Waals surface area contributed by atoms with E-state index in [1.165, 1.54) is 19.2 Å². The number of sulfonamides is 1. The predicted molar refractivity (Wildman–Crippen MR) is 82.7 cm³/mol. The van der Waals surface area contributed by atoms with Crippen molar-refractivity contribution in [2.75, 3.05) is 11.8 Å². The van der Waals surface area contributed by atoms with Crippen LogP contribution in [0, 0.1) is 0 Å². The maximum Gasteiger partial charge on any atom is 0.323 e. The topological polar surface area (TPSA) is 104 Å². The van der Waals surface area contributed by atoms with Crippen LogP contribution in [0.15, 0.2) is 52.2 Å². The van der Waals surface area contributed by atoms with Gasteiger partial charge in [-0.25, -0.2) is 13.2 Å². The molecule has 0 saturated heterocycles. The third-order valence-electron chi connectivity index (χ3n) is 3.14. The van der Waals surface area contributed by atoms with E-state index in [4.69, 9.17) is 4.74 Å². The molecule has 0 saturated carbocycles. The largest absolute Gasteiger partial charge is 0.497 e. The van der Waals surface area contributed by atoms with Crippen LogP contribution in [0.2, 0.25) is 0 Å². The SMILES string of the molecule is COc1ccc(S(=O)(=O)Nc2ccc3[nH]c(=O)[nH]c3c2)cc1. The second kappa shape index (κ2) is 5.23. The lowest BCUT2D eigenvalue weighted by molar-refractivity contribution is 0.414. The number of methoxy groups -OCH3 is 1. The van der Waals surface area contributed by atoms with E-state index < -0.39 is 10.0 Å². The molecule has 3 rings (SSSR count). The summed E-state index contributed by atoms with van der Waals surface area (Å²) in [6, 6.07) is 10.8. The molecule has 1 heterocycles. The first-order valence-electron chi connectivity index (χ1n) is 6.37. The Kier molecular flexibility index (Phi) is 3.38. The molecule has 8 heteroatoms. The molecule has 2 aromatic carbocycles. The average Bonchev–Trinajstić information content (AvgIpc) is 2.86.